The number of hydrogen-bond acceptors (Lipinski definition) is 7. The highest BCUT2D eigenvalue weighted by Gasteiger charge is 2.43. The molecule has 3 unspecified atom stereocenters. The SMILES string of the molecule is C=C(F)C(=O)N1CCN(c2nc(OC[C@@H]3CC4CCN3C4)nc3c2CCC2(C=C(C)c4c(Cl)cccc42)C3)C[C@@H]1CC#N. The van der Waals surface area contributed by atoms with Crippen molar-refractivity contribution in [3.05, 3.63) is 64.1 Å². The molecule has 1 aromatic carbocycles. The molecule has 7 rings (SSSR count). The summed E-state index contributed by atoms with van der Waals surface area (Å²) in [6.45, 7) is 9.25. The Morgan fingerprint density at radius 1 is 1.26 bits per heavy atom. The zero-order valence-electron chi connectivity index (χ0n) is 24.5. The van der Waals surface area contributed by atoms with Gasteiger partial charge < -0.3 is 14.5 Å². The van der Waals surface area contributed by atoms with E-state index in [4.69, 9.17) is 26.3 Å². The van der Waals surface area contributed by atoms with Gasteiger partial charge in [0.2, 0.25) is 0 Å². The first-order valence-corrected chi connectivity index (χ1v) is 15.7. The number of rotatable bonds is 6. The summed E-state index contributed by atoms with van der Waals surface area (Å²) in [7, 11) is 0. The Kier molecular flexibility index (Phi) is 7.18. The number of allylic oxidation sites excluding steroid dienone is 2. The number of piperazine rings is 1. The molecule has 1 amide bonds. The molecule has 224 valence electrons. The summed E-state index contributed by atoms with van der Waals surface area (Å²) >= 11 is 6.67. The lowest BCUT2D eigenvalue weighted by Gasteiger charge is -2.42. The van der Waals surface area contributed by atoms with Gasteiger partial charge in [-0.15, -0.1) is 0 Å². The number of piperidine rings is 1. The second-order valence-electron chi connectivity index (χ2n) is 12.8. The summed E-state index contributed by atoms with van der Waals surface area (Å²) < 4.78 is 20.2. The van der Waals surface area contributed by atoms with Gasteiger partial charge in [-0.1, -0.05) is 36.4 Å². The van der Waals surface area contributed by atoms with E-state index in [2.05, 4.69) is 41.5 Å². The topological polar surface area (TPSA) is 85.6 Å². The minimum atomic E-state index is -1.01. The molecule has 3 aliphatic heterocycles. The van der Waals surface area contributed by atoms with Gasteiger partial charge in [0.25, 0.3) is 5.91 Å². The number of ether oxygens (including phenoxy) is 1. The average molecular weight is 603 g/mol. The maximum Gasteiger partial charge on any atom is 0.318 e. The molecule has 2 aliphatic carbocycles. The van der Waals surface area contributed by atoms with Gasteiger partial charge in [-0.3, -0.25) is 9.69 Å². The monoisotopic (exact) mass is 602 g/mol. The van der Waals surface area contributed by atoms with Crippen molar-refractivity contribution in [3.63, 3.8) is 0 Å². The van der Waals surface area contributed by atoms with Gasteiger partial charge in [0, 0.05) is 54.6 Å². The Balaban J connectivity index is 1.23. The first kappa shape index (κ1) is 28.3. The van der Waals surface area contributed by atoms with E-state index < -0.39 is 17.8 Å². The van der Waals surface area contributed by atoms with Crippen molar-refractivity contribution in [1.82, 2.24) is 19.8 Å². The van der Waals surface area contributed by atoms with Crippen LogP contribution in [0.25, 0.3) is 5.57 Å². The van der Waals surface area contributed by atoms with Crippen LogP contribution in [0.2, 0.25) is 5.02 Å². The third-order valence-corrected chi connectivity index (χ3v) is 10.6. The highest BCUT2D eigenvalue weighted by Crippen LogP contribution is 2.51. The number of nitriles is 1. The summed E-state index contributed by atoms with van der Waals surface area (Å²) in [6.07, 6.45) is 7.23. The van der Waals surface area contributed by atoms with E-state index in [-0.39, 0.29) is 18.4 Å². The fourth-order valence-corrected chi connectivity index (χ4v) is 8.56. The van der Waals surface area contributed by atoms with Crippen molar-refractivity contribution in [2.45, 2.75) is 62.9 Å². The smallest absolute Gasteiger partial charge is 0.318 e. The molecule has 2 aromatic rings. The Morgan fingerprint density at radius 2 is 2.12 bits per heavy atom. The van der Waals surface area contributed by atoms with E-state index in [0.717, 1.165) is 65.9 Å². The minimum Gasteiger partial charge on any atom is -0.462 e. The van der Waals surface area contributed by atoms with Crippen LogP contribution in [-0.2, 0) is 23.1 Å². The third kappa shape index (κ3) is 4.89. The van der Waals surface area contributed by atoms with Crippen molar-refractivity contribution in [3.8, 4) is 12.1 Å². The number of amides is 1. The van der Waals surface area contributed by atoms with Crippen LogP contribution in [0.1, 0.15) is 55.0 Å². The fraction of sp³-hybridized carbons (Fsp3) is 0.515. The first-order valence-electron chi connectivity index (χ1n) is 15.3. The molecule has 1 spiro atoms. The number of benzene rings is 1. The molecule has 0 radical (unpaired) electrons. The van der Waals surface area contributed by atoms with Crippen LogP contribution in [0.3, 0.4) is 0 Å². The van der Waals surface area contributed by atoms with Gasteiger partial charge in [-0.25, -0.2) is 4.39 Å². The summed E-state index contributed by atoms with van der Waals surface area (Å²) in [4.78, 5) is 28.6. The first-order chi connectivity index (χ1) is 20.8. The lowest BCUT2D eigenvalue weighted by Crippen LogP contribution is -2.55. The normalized spacial score (nSPS) is 28.8. The van der Waals surface area contributed by atoms with Crippen LogP contribution in [-0.4, -0.2) is 77.1 Å². The fourth-order valence-electron chi connectivity index (χ4n) is 8.23. The van der Waals surface area contributed by atoms with E-state index in [1.54, 1.807) is 0 Å². The van der Waals surface area contributed by atoms with Crippen LogP contribution in [0.5, 0.6) is 6.01 Å². The number of carbonyl (C=O) groups is 1. The number of hydrogen-bond donors (Lipinski definition) is 0. The Hall–Kier alpha value is -3.48. The van der Waals surface area contributed by atoms with Gasteiger partial charge in [0.05, 0.1) is 24.2 Å². The quantitative estimate of drug-likeness (QED) is 0.437. The molecule has 0 saturated carbocycles. The Labute approximate surface area is 256 Å². The zero-order valence-corrected chi connectivity index (χ0v) is 25.2. The maximum absolute atomic E-state index is 13.8. The number of halogens is 2. The molecule has 43 heavy (non-hydrogen) atoms. The molecule has 10 heteroatoms. The van der Waals surface area contributed by atoms with Crippen LogP contribution in [0, 0.1) is 17.2 Å². The molecule has 3 fully saturated rings. The number of anilines is 1. The van der Waals surface area contributed by atoms with E-state index in [1.165, 1.54) is 22.5 Å². The predicted molar refractivity (Wildman–Crippen MR) is 163 cm³/mol. The summed E-state index contributed by atoms with van der Waals surface area (Å²) in [5.74, 6) is -0.206. The van der Waals surface area contributed by atoms with Gasteiger partial charge in [-0.05, 0) is 67.8 Å². The van der Waals surface area contributed by atoms with Gasteiger partial charge in [-0.2, -0.15) is 15.2 Å². The summed E-state index contributed by atoms with van der Waals surface area (Å²) in [5, 5.41) is 10.3. The maximum atomic E-state index is 13.8. The van der Waals surface area contributed by atoms with Crippen LogP contribution in [0.15, 0.2) is 36.7 Å². The highest BCUT2D eigenvalue weighted by atomic mass is 35.5. The average Bonchev–Trinajstić information content (AvgIpc) is 3.69. The summed E-state index contributed by atoms with van der Waals surface area (Å²) in [5.41, 5.74) is 5.39. The Bertz CT molecular complexity index is 1570. The molecule has 8 nitrogen and oxygen atoms in total. The molecule has 5 aliphatic rings. The van der Waals surface area contributed by atoms with Crippen molar-refractivity contribution in [1.29, 1.82) is 5.26 Å². The second kappa shape index (κ2) is 10.9. The van der Waals surface area contributed by atoms with Gasteiger partial charge in [0.15, 0.2) is 5.83 Å². The van der Waals surface area contributed by atoms with E-state index in [0.29, 0.717) is 38.2 Å². The van der Waals surface area contributed by atoms with Crippen molar-refractivity contribution in [2.24, 2.45) is 5.92 Å². The molecule has 4 heterocycles. The lowest BCUT2D eigenvalue weighted by molar-refractivity contribution is -0.131. The van der Waals surface area contributed by atoms with Gasteiger partial charge >= 0.3 is 6.01 Å². The van der Waals surface area contributed by atoms with E-state index in [9.17, 15) is 14.4 Å². The molecular formula is C33H36ClFN6O2. The second-order valence-corrected chi connectivity index (χ2v) is 13.2. The molecule has 1 aromatic heterocycles. The minimum absolute atomic E-state index is 0.0928. The highest BCUT2D eigenvalue weighted by molar-refractivity contribution is 6.32. The number of aromatic nitrogens is 2. The lowest BCUT2D eigenvalue weighted by atomic mass is 9.70. The molecular weight excluding hydrogens is 567 g/mol. The molecule has 0 N–H and O–H groups in total. The molecule has 3 saturated heterocycles. The van der Waals surface area contributed by atoms with E-state index >= 15 is 0 Å². The number of carbonyl (C=O) groups excluding carboxylic acids is 1. The van der Waals surface area contributed by atoms with Gasteiger partial charge in [0.1, 0.15) is 12.4 Å². The predicted octanol–water partition coefficient (Wildman–Crippen LogP) is 4.86. The Morgan fingerprint density at radius 3 is 2.86 bits per heavy atom. The number of nitrogens with zero attached hydrogens (tertiary/aromatic N) is 6. The van der Waals surface area contributed by atoms with E-state index in [1.807, 2.05) is 12.1 Å². The van der Waals surface area contributed by atoms with Crippen LogP contribution >= 0.6 is 11.6 Å². The van der Waals surface area contributed by atoms with Crippen molar-refractivity contribution in [2.75, 3.05) is 44.2 Å². The largest absolute Gasteiger partial charge is 0.462 e. The van der Waals surface area contributed by atoms with Crippen LogP contribution < -0.4 is 9.64 Å². The number of fused-ring (bicyclic) bond motifs is 5. The third-order valence-electron chi connectivity index (χ3n) is 10.2. The van der Waals surface area contributed by atoms with Crippen LogP contribution in [0.4, 0.5) is 10.2 Å². The molecule has 5 atom stereocenters. The standard InChI is InChI=1S/C33H36ClFN6O2/c1-20-15-33(26-4-3-5-27(34)29(20)26)9-6-25-28(16-33)37-32(43-19-24-14-22-8-11-39(24)17-22)38-30(25)40-12-13-41(31(42)21(2)35)23(18-40)7-10-36/h3-5,15,22-24H,2,6-9,11-14,16-19H2,1H3/t22?,23-,24-,33?/m0/s1. The van der Waals surface area contributed by atoms with Crippen molar-refractivity contribution < 1.29 is 13.9 Å². The van der Waals surface area contributed by atoms with Crippen molar-refractivity contribution >= 4 is 28.9 Å². The molecule has 2 bridgehead atoms. The zero-order chi connectivity index (χ0) is 29.9. The summed E-state index contributed by atoms with van der Waals surface area (Å²) in [6, 6.07) is 8.61.